The number of carboxylic acids is 1. The number of hydrogen-bond acceptors (Lipinski definition) is 4. The van der Waals surface area contributed by atoms with Crippen LogP contribution in [0.1, 0.15) is 12.0 Å². The Labute approximate surface area is 117 Å². The Bertz CT molecular complexity index is 466. The fraction of sp³-hybridized carbons (Fsp3) is 0.462. The average Bonchev–Trinajstić information content (AvgIpc) is 2.78. The summed E-state index contributed by atoms with van der Waals surface area (Å²) < 4.78 is 0. The van der Waals surface area contributed by atoms with E-state index in [4.69, 9.17) is 0 Å². The zero-order chi connectivity index (χ0) is 13.8. The highest BCUT2D eigenvalue weighted by atomic mass is 32.1. The van der Waals surface area contributed by atoms with E-state index < -0.39 is 12.0 Å². The zero-order valence-corrected chi connectivity index (χ0v) is 11.3. The minimum absolute atomic E-state index is 0.0968. The molecule has 1 amide bonds. The van der Waals surface area contributed by atoms with E-state index in [1.807, 2.05) is 0 Å². The van der Waals surface area contributed by atoms with Crippen LogP contribution in [0.2, 0.25) is 0 Å². The van der Waals surface area contributed by atoms with Crippen LogP contribution in [0.25, 0.3) is 0 Å². The molecule has 0 aliphatic carbocycles. The van der Waals surface area contributed by atoms with E-state index in [0.717, 1.165) is 5.56 Å². The average molecular weight is 280 g/mol. The summed E-state index contributed by atoms with van der Waals surface area (Å²) in [6.45, 7) is 0.477. The number of pyridine rings is 1. The van der Waals surface area contributed by atoms with E-state index >= 15 is 0 Å². The molecule has 0 spiro atoms. The summed E-state index contributed by atoms with van der Waals surface area (Å²) in [6, 6.07) is 2.74. The van der Waals surface area contributed by atoms with Crippen LogP contribution in [0.15, 0.2) is 24.5 Å². The first-order chi connectivity index (χ1) is 9.11. The van der Waals surface area contributed by atoms with Crippen LogP contribution >= 0.6 is 12.6 Å². The molecule has 2 atom stereocenters. The lowest BCUT2D eigenvalue weighted by atomic mass is 10.1. The molecule has 1 saturated heterocycles. The van der Waals surface area contributed by atoms with Gasteiger partial charge in [0.2, 0.25) is 5.91 Å². The SMILES string of the molecule is O=C(O)C(Cc1ccncc1)N1CC(CS)CC1=O. The lowest BCUT2D eigenvalue weighted by Crippen LogP contribution is -2.43. The molecule has 6 heteroatoms. The Kier molecular flexibility index (Phi) is 4.42. The van der Waals surface area contributed by atoms with Crippen LogP contribution in [0.5, 0.6) is 0 Å². The van der Waals surface area contributed by atoms with E-state index in [1.165, 1.54) is 4.90 Å². The second kappa shape index (κ2) is 6.06. The Balaban J connectivity index is 2.13. The number of aromatic nitrogens is 1. The zero-order valence-electron chi connectivity index (χ0n) is 10.4. The van der Waals surface area contributed by atoms with Gasteiger partial charge in [0.25, 0.3) is 0 Å². The van der Waals surface area contributed by atoms with Crippen molar-refractivity contribution < 1.29 is 14.7 Å². The normalized spacial score (nSPS) is 20.6. The number of thiol groups is 1. The maximum Gasteiger partial charge on any atom is 0.326 e. The van der Waals surface area contributed by atoms with Crippen LogP contribution < -0.4 is 0 Å². The Morgan fingerprint density at radius 3 is 2.74 bits per heavy atom. The fourth-order valence-electron chi connectivity index (χ4n) is 2.31. The minimum Gasteiger partial charge on any atom is -0.480 e. The van der Waals surface area contributed by atoms with Crippen LogP contribution in [0, 0.1) is 5.92 Å². The van der Waals surface area contributed by atoms with Gasteiger partial charge in [0.1, 0.15) is 6.04 Å². The summed E-state index contributed by atoms with van der Waals surface area (Å²) in [7, 11) is 0. The van der Waals surface area contributed by atoms with Crippen molar-refractivity contribution in [2.75, 3.05) is 12.3 Å². The maximum atomic E-state index is 11.9. The molecular weight excluding hydrogens is 264 g/mol. The summed E-state index contributed by atoms with van der Waals surface area (Å²) in [4.78, 5) is 28.7. The van der Waals surface area contributed by atoms with E-state index in [9.17, 15) is 14.7 Å². The van der Waals surface area contributed by atoms with Crippen molar-refractivity contribution in [2.45, 2.75) is 18.9 Å². The van der Waals surface area contributed by atoms with Gasteiger partial charge in [-0.25, -0.2) is 4.79 Å². The van der Waals surface area contributed by atoms with Crippen LogP contribution in [0.4, 0.5) is 0 Å². The molecule has 0 saturated carbocycles. The van der Waals surface area contributed by atoms with Gasteiger partial charge < -0.3 is 10.0 Å². The van der Waals surface area contributed by atoms with Gasteiger partial charge in [0.15, 0.2) is 0 Å². The molecular formula is C13H16N2O3S. The molecule has 1 fully saturated rings. The number of nitrogens with zero attached hydrogens (tertiary/aromatic N) is 2. The largest absolute Gasteiger partial charge is 0.480 e. The fourth-order valence-corrected chi connectivity index (χ4v) is 2.55. The lowest BCUT2D eigenvalue weighted by Gasteiger charge is -2.24. The quantitative estimate of drug-likeness (QED) is 0.785. The summed E-state index contributed by atoms with van der Waals surface area (Å²) in [5.41, 5.74) is 0.865. The third-order valence-electron chi connectivity index (χ3n) is 3.34. The topological polar surface area (TPSA) is 70.5 Å². The van der Waals surface area contributed by atoms with E-state index in [2.05, 4.69) is 17.6 Å². The molecule has 1 aromatic heterocycles. The predicted molar refractivity (Wildman–Crippen MR) is 73.0 cm³/mol. The number of amides is 1. The van der Waals surface area contributed by atoms with Crippen LogP contribution in [-0.4, -0.2) is 45.2 Å². The molecule has 2 unspecified atom stereocenters. The molecule has 1 aliphatic rings. The van der Waals surface area contributed by atoms with Crippen molar-refractivity contribution in [3.05, 3.63) is 30.1 Å². The minimum atomic E-state index is -0.968. The number of carboxylic acid groups (broad SMARTS) is 1. The van der Waals surface area contributed by atoms with E-state index in [0.29, 0.717) is 25.1 Å². The molecule has 5 nitrogen and oxygen atoms in total. The first-order valence-electron chi connectivity index (χ1n) is 6.14. The highest BCUT2D eigenvalue weighted by Crippen LogP contribution is 2.23. The first-order valence-corrected chi connectivity index (χ1v) is 6.77. The molecule has 1 aromatic rings. The highest BCUT2D eigenvalue weighted by molar-refractivity contribution is 7.80. The lowest BCUT2D eigenvalue weighted by molar-refractivity contribution is -0.148. The van der Waals surface area contributed by atoms with Gasteiger partial charge in [-0.3, -0.25) is 9.78 Å². The van der Waals surface area contributed by atoms with Gasteiger partial charge >= 0.3 is 5.97 Å². The third kappa shape index (κ3) is 3.26. The summed E-state index contributed by atoms with van der Waals surface area (Å²) in [5.74, 6) is -0.315. The molecule has 2 rings (SSSR count). The second-order valence-electron chi connectivity index (χ2n) is 4.71. The van der Waals surface area contributed by atoms with Crippen LogP contribution in [0.3, 0.4) is 0 Å². The van der Waals surface area contributed by atoms with Gasteiger partial charge in [-0.05, 0) is 29.4 Å². The molecule has 1 aliphatic heterocycles. The number of carbonyl (C=O) groups excluding carboxylic acids is 1. The highest BCUT2D eigenvalue weighted by Gasteiger charge is 2.37. The molecule has 19 heavy (non-hydrogen) atoms. The number of aliphatic carboxylic acids is 1. The Hall–Kier alpha value is -1.56. The van der Waals surface area contributed by atoms with Gasteiger partial charge in [0, 0.05) is 31.8 Å². The van der Waals surface area contributed by atoms with Crippen molar-refractivity contribution in [3.63, 3.8) is 0 Å². The molecule has 102 valence electrons. The molecule has 2 heterocycles. The molecule has 0 aromatic carbocycles. The predicted octanol–water partition coefficient (Wildman–Crippen LogP) is 0.856. The molecule has 1 N–H and O–H groups in total. The van der Waals surface area contributed by atoms with E-state index in [-0.39, 0.29) is 11.8 Å². The van der Waals surface area contributed by atoms with Gasteiger partial charge in [0.05, 0.1) is 0 Å². The third-order valence-corrected chi connectivity index (χ3v) is 3.85. The summed E-state index contributed by atoms with van der Waals surface area (Å²) in [6.07, 6.45) is 3.94. The van der Waals surface area contributed by atoms with Gasteiger partial charge in [-0.15, -0.1) is 0 Å². The van der Waals surface area contributed by atoms with Gasteiger partial charge in [-0.1, -0.05) is 0 Å². The molecule has 0 bridgehead atoms. The van der Waals surface area contributed by atoms with Crippen molar-refractivity contribution in [1.82, 2.24) is 9.88 Å². The Morgan fingerprint density at radius 1 is 1.53 bits per heavy atom. The second-order valence-corrected chi connectivity index (χ2v) is 5.08. The van der Waals surface area contributed by atoms with Crippen molar-refractivity contribution in [2.24, 2.45) is 5.92 Å². The number of likely N-dealkylation sites (tertiary alicyclic amines) is 1. The number of hydrogen-bond donors (Lipinski definition) is 2. The number of rotatable bonds is 5. The summed E-state index contributed by atoms with van der Waals surface area (Å²) >= 11 is 4.18. The van der Waals surface area contributed by atoms with Crippen molar-refractivity contribution in [1.29, 1.82) is 0 Å². The monoisotopic (exact) mass is 280 g/mol. The molecule has 0 radical (unpaired) electrons. The smallest absolute Gasteiger partial charge is 0.326 e. The van der Waals surface area contributed by atoms with Crippen LogP contribution in [-0.2, 0) is 16.0 Å². The first kappa shape index (κ1) is 13.9. The van der Waals surface area contributed by atoms with Crippen molar-refractivity contribution >= 4 is 24.5 Å². The standard InChI is InChI=1S/C13H16N2O3S/c16-12-6-10(8-19)7-15(12)11(13(17)18)5-9-1-3-14-4-2-9/h1-4,10-11,19H,5-8H2,(H,17,18). The van der Waals surface area contributed by atoms with Crippen molar-refractivity contribution in [3.8, 4) is 0 Å². The number of carbonyl (C=O) groups is 2. The maximum absolute atomic E-state index is 11.9. The Morgan fingerprint density at radius 2 is 2.21 bits per heavy atom. The van der Waals surface area contributed by atoms with E-state index in [1.54, 1.807) is 24.5 Å². The van der Waals surface area contributed by atoms with Gasteiger partial charge in [-0.2, -0.15) is 12.6 Å². The summed E-state index contributed by atoms with van der Waals surface area (Å²) in [5, 5.41) is 9.34.